The Morgan fingerprint density at radius 1 is 1.33 bits per heavy atom. The maximum Gasteiger partial charge on any atom is 0.346 e. The summed E-state index contributed by atoms with van der Waals surface area (Å²) in [7, 11) is 0. The van der Waals surface area contributed by atoms with Crippen molar-refractivity contribution in [2.75, 3.05) is 0 Å². The van der Waals surface area contributed by atoms with Gasteiger partial charge in [-0.05, 0) is 22.9 Å². The van der Waals surface area contributed by atoms with Gasteiger partial charge in [-0.1, -0.05) is 32.0 Å². The first kappa shape index (κ1) is 15.5. The predicted molar refractivity (Wildman–Crippen MR) is 83.4 cm³/mol. The highest BCUT2D eigenvalue weighted by molar-refractivity contribution is 7.21. The topological polar surface area (TPSA) is 92.4 Å². The molecule has 1 amide bonds. The van der Waals surface area contributed by atoms with Crippen LogP contribution >= 0.6 is 11.3 Å². The quantitative estimate of drug-likeness (QED) is 0.763. The van der Waals surface area contributed by atoms with Gasteiger partial charge < -0.3 is 16.2 Å². The maximum absolute atomic E-state index is 11.4. The van der Waals surface area contributed by atoms with Crippen molar-refractivity contribution in [2.24, 2.45) is 11.7 Å². The fourth-order valence-electron chi connectivity index (χ4n) is 2.32. The number of benzene rings is 1. The van der Waals surface area contributed by atoms with Gasteiger partial charge in [0.25, 0.3) is 0 Å². The number of carboxylic acid groups (broad SMARTS) is 1. The van der Waals surface area contributed by atoms with E-state index in [9.17, 15) is 14.7 Å². The lowest BCUT2D eigenvalue weighted by atomic mass is 10.0. The average Bonchev–Trinajstić information content (AvgIpc) is 2.77. The number of hydrogen-bond donors (Lipinski definition) is 3. The molecule has 1 aromatic carbocycles. The van der Waals surface area contributed by atoms with E-state index >= 15 is 0 Å². The standard InChI is InChI=1S/C15H18N2O3S/c1-8(2)12(14(16)18)17-7-10-9-5-3-4-6-11(9)21-13(10)15(19)20/h3-6,8,12,17H,7H2,1-2H3,(H2,16,18)(H,19,20). The Hall–Kier alpha value is -1.92. The van der Waals surface area contributed by atoms with Crippen LogP contribution in [0.25, 0.3) is 10.1 Å². The van der Waals surface area contributed by atoms with E-state index in [1.54, 1.807) is 0 Å². The first-order chi connectivity index (χ1) is 9.91. The van der Waals surface area contributed by atoms with Gasteiger partial charge in [0.15, 0.2) is 0 Å². The maximum atomic E-state index is 11.4. The minimum atomic E-state index is -0.951. The Morgan fingerprint density at radius 2 is 2.00 bits per heavy atom. The number of carbonyl (C=O) groups is 2. The summed E-state index contributed by atoms with van der Waals surface area (Å²) in [6, 6.07) is 7.05. The van der Waals surface area contributed by atoms with Crippen LogP contribution in [0.1, 0.15) is 29.1 Å². The van der Waals surface area contributed by atoms with Crippen LogP contribution in [-0.4, -0.2) is 23.0 Å². The Bertz CT molecular complexity index is 679. The SMILES string of the molecule is CC(C)C(NCc1c(C(=O)O)sc2ccccc12)C(N)=O. The van der Waals surface area contributed by atoms with Gasteiger partial charge in [0.2, 0.25) is 5.91 Å². The van der Waals surface area contributed by atoms with Crippen LogP contribution in [0.3, 0.4) is 0 Å². The number of carbonyl (C=O) groups excluding carboxylic acids is 1. The number of rotatable bonds is 6. The molecular formula is C15H18N2O3S. The third-order valence-electron chi connectivity index (χ3n) is 3.36. The normalized spacial score (nSPS) is 12.7. The van der Waals surface area contributed by atoms with Gasteiger partial charge in [-0.2, -0.15) is 0 Å². The first-order valence-corrected chi connectivity index (χ1v) is 7.50. The molecule has 21 heavy (non-hydrogen) atoms. The number of thiophene rings is 1. The molecule has 1 aromatic heterocycles. The summed E-state index contributed by atoms with van der Waals surface area (Å²) in [4.78, 5) is 23.1. The number of nitrogens with one attached hydrogen (secondary N) is 1. The van der Waals surface area contributed by atoms with E-state index in [0.29, 0.717) is 17.0 Å². The molecule has 0 saturated heterocycles. The molecule has 0 aliphatic heterocycles. The number of amides is 1. The van der Waals surface area contributed by atoms with Crippen molar-refractivity contribution >= 4 is 33.3 Å². The van der Waals surface area contributed by atoms with Gasteiger partial charge >= 0.3 is 5.97 Å². The molecule has 5 nitrogen and oxygen atoms in total. The lowest BCUT2D eigenvalue weighted by molar-refractivity contribution is -0.121. The van der Waals surface area contributed by atoms with Crippen LogP contribution in [0.15, 0.2) is 24.3 Å². The largest absolute Gasteiger partial charge is 0.477 e. The molecular weight excluding hydrogens is 288 g/mol. The van der Waals surface area contributed by atoms with Crippen molar-refractivity contribution in [2.45, 2.75) is 26.4 Å². The van der Waals surface area contributed by atoms with Crippen LogP contribution in [0.4, 0.5) is 0 Å². The van der Waals surface area contributed by atoms with Crippen molar-refractivity contribution < 1.29 is 14.7 Å². The van der Waals surface area contributed by atoms with E-state index in [2.05, 4.69) is 5.32 Å². The summed E-state index contributed by atoms with van der Waals surface area (Å²) < 4.78 is 0.923. The monoisotopic (exact) mass is 306 g/mol. The molecule has 2 rings (SSSR count). The molecule has 0 bridgehead atoms. The van der Waals surface area contributed by atoms with Crippen LogP contribution in [0.2, 0.25) is 0 Å². The van der Waals surface area contributed by atoms with Crippen LogP contribution in [-0.2, 0) is 11.3 Å². The number of carboxylic acids is 1. The van der Waals surface area contributed by atoms with Crippen LogP contribution in [0, 0.1) is 5.92 Å². The minimum absolute atomic E-state index is 0.0423. The number of fused-ring (bicyclic) bond motifs is 1. The molecule has 0 aliphatic carbocycles. The fraction of sp³-hybridized carbons (Fsp3) is 0.333. The second-order valence-electron chi connectivity index (χ2n) is 5.22. The molecule has 0 radical (unpaired) electrons. The van der Waals surface area contributed by atoms with Gasteiger partial charge in [-0.15, -0.1) is 11.3 Å². The van der Waals surface area contributed by atoms with Crippen molar-refractivity contribution in [3.8, 4) is 0 Å². The molecule has 0 spiro atoms. The van der Waals surface area contributed by atoms with Gasteiger partial charge in [0.1, 0.15) is 4.88 Å². The van der Waals surface area contributed by atoms with Crippen molar-refractivity contribution in [1.82, 2.24) is 5.32 Å². The lowest BCUT2D eigenvalue weighted by Gasteiger charge is -2.19. The molecule has 1 heterocycles. The van der Waals surface area contributed by atoms with Crippen molar-refractivity contribution in [3.63, 3.8) is 0 Å². The zero-order valence-corrected chi connectivity index (χ0v) is 12.7. The van der Waals surface area contributed by atoms with Crippen LogP contribution in [0.5, 0.6) is 0 Å². The van der Waals surface area contributed by atoms with Gasteiger partial charge in [0, 0.05) is 11.2 Å². The van der Waals surface area contributed by atoms with E-state index in [1.165, 1.54) is 11.3 Å². The Morgan fingerprint density at radius 3 is 2.57 bits per heavy atom. The highest BCUT2D eigenvalue weighted by Crippen LogP contribution is 2.31. The minimum Gasteiger partial charge on any atom is -0.477 e. The van der Waals surface area contributed by atoms with E-state index in [0.717, 1.165) is 10.1 Å². The predicted octanol–water partition coefficient (Wildman–Crippen LogP) is 2.20. The number of hydrogen-bond acceptors (Lipinski definition) is 4. The number of aromatic carboxylic acids is 1. The van der Waals surface area contributed by atoms with Gasteiger partial charge in [0.05, 0.1) is 6.04 Å². The molecule has 112 valence electrons. The highest BCUT2D eigenvalue weighted by atomic mass is 32.1. The molecule has 2 aromatic rings. The van der Waals surface area contributed by atoms with Gasteiger partial charge in [-0.25, -0.2) is 4.79 Å². The third-order valence-corrected chi connectivity index (χ3v) is 4.57. The molecule has 4 N–H and O–H groups in total. The van der Waals surface area contributed by atoms with E-state index < -0.39 is 17.9 Å². The third kappa shape index (κ3) is 3.22. The van der Waals surface area contributed by atoms with E-state index in [4.69, 9.17) is 5.73 Å². The summed E-state index contributed by atoms with van der Waals surface area (Å²) in [5.74, 6) is -1.34. The molecule has 0 saturated carbocycles. The Labute approximate surface area is 126 Å². The molecule has 1 atom stereocenters. The smallest absolute Gasteiger partial charge is 0.346 e. The van der Waals surface area contributed by atoms with Crippen molar-refractivity contribution in [1.29, 1.82) is 0 Å². The summed E-state index contributed by atoms with van der Waals surface area (Å²) in [6.45, 7) is 4.09. The highest BCUT2D eigenvalue weighted by Gasteiger charge is 2.22. The number of nitrogens with two attached hydrogens (primary N) is 1. The van der Waals surface area contributed by atoms with Crippen molar-refractivity contribution in [3.05, 3.63) is 34.7 Å². The van der Waals surface area contributed by atoms with Gasteiger partial charge in [-0.3, -0.25) is 4.79 Å². The average molecular weight is 306 g/mol. The number of primary amides is 1. The summed E-state index contributed by atoms with van der Waals surface area (Å²) >= 11 is 1.24. The summed E-state index contributed by atoms with van der Waals surface area (Å²) in [6.07, 6.45) is 0. The Balaban J connectivity index is 2.34. The summed E-state index contributed by atoms with van der Waals surface area (Å²) in [5, 5.41) is 13.3. The molecule has 6 heteroatoms. The second kappa shape index (κ2) is 6.24. The second-order valence-corrected chi connectivity index (χ2v) is 6.27. The zero-order chi connectivity index (χ0) is 15.6. The van der Waals surface area contributed by atoms with E-state index in [-0.39, 0.29) is 5.92 Å². The summed E-state index contributed by atoms with van der Waals surface area (Å²) in [5.41, 5.74) is 6.08. The molecule has 0 fully saturated rings. The van der Waals surface area contributed by atoms with E-state index in [1.807, 2.05) is 38.1 Å². The zero-order valence-electron chi connectivity index (χ0n) is 11.9. The fourth-order valence-corrected chi connectivity index (χ4v) is 3.38. The Kier molecular flexibility index (Phi) is 4.59. The molecule has 0 aliphatic rings. The van der Waals surface area contributed by atoms with Crippen LogP contribution < -0.4 is 11.1 Å². The molecule has 1 unspecified atom stereocenters. The lowest BCUT2D eigenvalue weighted by Crippen LogP contribution is -2.44. The first-order valence-electron chi connectivity index (χ1n) is 6.68.